The van der Waals surface area contributed by atoms with Gasteiger partial charge < -0.3 is 10.6 Å². The molecule has 1 aromatic heterocycles. The molecule has 6 nitrogen and oxygen atoms in total. The van der Waals surface area contributed by atoms with Gasteiger partial charge >= 0.3 is 0 Å². The molecule has 1 aliphatic heterocycles. The highest BCUT2D eigenvalue weighted by molar-refractivity contribution is 5.75. The third kappa shape index (κ3) is 3.09. The average molecular weight is 250 g/mol. The number of carbonyl (C=O) groups excluding carboxylic acids is 1. The van der Waals surface area contributed by atoms with Crippen LogP contribution in [0.4, 0.5) is 5.69 Å². The molecule has 1 amide bonds. The maximum absolute atomic E-state index is 12.1. The van der Waals surface area contributed by atoms with E-state index in [1.165, 1.54) is 25.1 Å². The molecular formula is C12H18N4O2. The number of amides is 1. The van der Waals surface area contributed by atoms with Gasteiger partial charge in [-0.05, 0) is 12.8 Å². The van der Waals surface area contributed by atoms with Crippen LogP contribution in [0.25, 0.3) is 0 Å². The highest BCUT2D eigenvalue weighted by Crippen LogP contribution is 2.09. The normalized spacial score (nSPS) is 16.3. The molecule has 1 fully saturated rings. The molecule has 0 unspecified atom stereocenters. The van der Waals surface area contributed by atoms with Crippen LogP contribution in [0.2, 0.25) is 0 Å². The van der Waals surface area contributed by atoms with Crippen LogP contribution in [0.1, 0.15) is 25.7 Å². The zero-order chi connectivity index (χ0) is 13.0. The van der Waals surface area contributed by atoms with Crippen LogP contribution in [-0.4, -0.2) is 33.7 Å². The van der Waals surface area contributed by atoms with Gasteiger partial charge in [0.05, 0.1) is 11.9 Å². The Bertz CT molecular complexity index is 475. The van der Waals surface area contributed by atoms with Crippen molar-refractivity contribution in [2.45, 2.75) is 32.2 Å². The number of rotatable bonds is 2. The minimum Gasteiger partial charge on any atom is -0.397 e. The van der Waals surface area contributed by atoms with Gasteiger partial charge in [-0.1, -0.05) is 12.8 Å². The smallest absolute Gasteiger partial charge is 0.269 e. The molecule has 0 radical (unpaired) electrons. The summed E-state index contributed by atoms with van der Waals surface area (Å²) in [6.45, 7) is 1.56. The average Bonchev–Trinajstić information content (AvgIpc) is 2.61. The van der Waals surface area contributed by atoms with Gasteiger partial charge in [-0.15, -0.1) is 0 Å². The summed E-state index contributed by atoms with van der Waals surface area (Å²) < 4.78 is 1.16. The lowest BCUT2D eigenvalue weighted by atomic mass is 10.2. The number of nitrogens with zero attached hydrogens (tertiary/aromatic N) is 3. The summed E-state index contributed by atoms with van der Waals surface area (Å²) in [7, 11) is 0. The maximum Gasteiger partial charge on any atom is 0.269 e. The van der Waals surface area contributed by atoms with E-state index in [1.54, 1.807) is 0 Å². The van der Waals surface area contributed by atoms with Crippen LogP contribution in [0, 0.1) is 0 Å². The summed E-state index contributed by atoms with van der Waals surface area (Å²) in [4.78, 5) is 25.4. The largest absolute Gasteiger partial charge is 0.397 e. The maximum atomic E-state index is 12.1. The van der Waals surface area contributed by atoms with E-state index in [1.807, 2.05) is 4.90 Å². The second-order valence-electron chi connectivity index (χ2n) is 4.58. The molecule has 2 rings (SSSR count). The molecule has 2 heterocycles. The number of anilines is 1. The summed E-state index contributed by atoms with van der Waals surface area (Å²) >= 11 is 0. The second-order valence-corrected chi connectivity index (χ2v) is 4.58. The Morgan fingerprint density at radius 2 is 1.94 bits per heavy atom. The molecule has 0 spiro atoms. The van der Waals surface area contributed by atoms with Crippen molar-refractivity contribution in [2.24, 2.45) is 0 Å². The van der Waals surface area contributed by atoms with E-state index >= 15 is 0 Å². The SMILES string of the molecule is Nc1cnn(CC(=O)N2CCCCCC2)c(=O)c1. The molecule has 0 atom stereocenters. The molecule has 6 heteroatoms. The van der Waals surface area contributed by atoms with Gasteiger partial charge in [0, 0.05) is 19.2 Å². The van der Waals surface area contributed by atoms with Crippen molar-refractivity contribution in [3.63, 3.8) is 0 Å². The molecule has 1 aliphatic rings. The van der Waals surface area contributed by atoms with Gasteiger partial charge in [0.15, 0.2) is 0 Å². The summed E-state index contributed by atoms with van der Waals surface area (Å²) in [6, 6.07) is 1.28. The minimum atomic E-state index is -0.335. The number of aromatic nitrogens is 2. The first-order valence-corrected chi connectivity index (χ1v) is 6.27. The molecule has 98 valence electrons. The predicted molar refractivity (Wildman–Crippen MR) is 68.0 cm³/mol. The van der Waals surface area contributed by atoms with Gasteiger partial charge in [0.25, 0.3) is 5.56 Å². The lowest BCUT2D eigenvalue weighted by Gasteiger charge is -2.20. The Morgan fingerprint density at radius 1 is 1.28 bits per heavy atom. The molecule has 0 bridgehead atoms. The van der Waals surface area contributed by atoms with Crippen LogP contribution >= 0.6 is 0 Å². The Morgan fingerprint density at radius 3 is 2.56 bits per heavy atom. The Kier molecular flexibility index (Phi) is 3.96. The van der Waals surface area contributed by atoms with Gasteiger partial charge in [0.1, 0.15) is 6.54 Å². The fourth-order valence-corrected chi connectivity index (χ4v) is 2.11. The van der Waals surface area contributed by atoms with E-state index in [-0.39, 0.29) is 18.0 Å². The first-order valence-electron chi connectivity index (χ1n) is 6.27. The first kappa shape index (κ1) is 12.6. The van der Waals surface area contributed by atoms with Crippen molar-refractivity contribution in [1.29, 1.82) is 0 Å². The van der Waals surface area contributed by atoms with Crippen molar-refractivity contribution in [1.82, 2.24) is 14.7 Å². The molecule has 1 aromatic rings. The molecule has 0 aromatic carbocycles. The highest BCUT2D eigenvalue weighted by atomic mass is 16.2. The molecule has 0 aliphatic carbocycles. The van der Waals surface area contributed by atoms with Crippen molar-refractivity contribution in [3.05, 3.63) is 22.6 Å². The summed E-state index contributed by atoms with van der Waals surface area (Å²) in [5.41, 5.74) is 5.43. The standard InChI is InChI=1S/C12H18N4O2/c13-10-7-11(17)16(14-8-10)9-12(18)15-5-3-1-2-4-6-15/h7-8H,1-6,9,13H2. The van der Waals surface area contributed by atoms with Gasteiger partial charge in [0.2, 0.25) is 5.91 Å². The number of nitrogen functional groups attached to an aromatic ring is 1. The van der Waals surface area contributed by atoms with Crippen LogP contribution < -0.4 is 11.3 Å². The summed E-state index contributed by atoms with van der Waals surface area (Å²) in [5.74, 6) is -0.0451. The lowest BCUT2D eigenvalue weighted by molar-refractivity contribution is -0.132. The zero-order valence-electron chi connectivity index (χ0n) is 10.3. The summed E-state index contributed by atoms with van der Waals surface area (Å²) in [6.07, 6.45) is 5.80. The number of carbonyl (C=O) groups is 1. The van der Waals surface area contributed by atoms with E-state index in [9.17, 15) is 9.59 Å². The van der Waals surface area contributed by atoms with E-state index in [0.29, 0.717) is 5.69 Å². The zero-order valence-corrected chi connectivity index (χ0v) is 10.3. The monoisotopic (exact) mass is 250 g/mol. The number of nitrogens with two attached hydrogens (primary N) is 1. The van der Waals surface area contributed by atoms with Crippen LogP contribution in [-0.2, 0) is 11.3 Å². The van der Waals surface area contributed by atoms with Gasteiger partial charge in [-0.2, -0.15) is 5.10 Å². The molecule has 18 heavy (non-hydrogen) atoms. The molecular weight excluding hydrogens is 232 g/mol. The van der Waals surface area contributed by atoms with Crippen molar-refractivity contribution < 1.29 is 4.79 Å². The quantitative estimate of drug-likeness (QED) is 0.814. The number of likely N-dealkylation sites (tertiary alicyclic amines) is 1. The topological polar surface area (TPSA) is 81.2 Å². The van der Waals surface area contributed by atoms with E-state index < -0.39 is 0 Å². The van der Waals surface area contributed by atoms with E-state index in [2.05, 4.69) is 5.10 Å². The van der Waals surface area contributed by atoms with Crippen molar-refractivity contribution >= 4 is 11.6 Å². The Labute approximate surface area is 105 Å². The fraction of sp³-hybridized carbons (Fsp3) is 0.583. The van der Waals surface area contributed by atoms with Gasteiger partial charge in [-0.25, -0.2) is 4.68 Å². The Balaban J connectivity index is 2.03. The van der Waals surface area contributed by atoms with Crippen LogP contribution in [0.15, 0.2) is 17.1 Å². The first-order chi connectivity index (χ1) is 8.66. The van der Waals surface area contributed by atoms with Crippen LogP contribution in [0.3, 0.4) is 0 Å². The van der Waals surface area contributed by atoms with Gasteiger partial charge in [-0.3, -0.25) is 9.59 Å². The Hall–Kier alpha value is -1.85. The number of hydrogen-bond acceptors (Lipinski definition) is 4. The van der Waals surface area contributed by atoms with E-state index in [4.69, 9.17) is 5.73 Å². The minimum absolute atomic E-state index is 0.000880. The third-order valence-electron chi connectivity index (χ3n) is 3.13. The molecule has 1 saturated heterocycles. The lowest BCUT2D eigenvalue weighted by Crippen LogP contribution is -2.37. The van der Waals surface area contributed by atoms with E-state index in [0.717, 1.165) is 30.6 Å². The fourth-order valence-electron chi connectivity index (χ4n) is 2.11. The van der Waals surface area contributed by atoms with Crippen molar-refractivity contribution in [2.75, 3.05) is 18.8 Å². The predicted octanol–water partition coefficient (Wildman–Crippen LogP) is 0.228. The second kappa shape index (κ2) is 5.66. The van der Waals surface area contributed by atoms with Crippen molar-refractivity contribution in [3.8, 4) is 0 Å². The highest BCUT2D eigenvalue weighted by Gasteiger charge is 2.16. The van der Waals surface area contributed by atoms with Crippen LogP contribution in [0.5, 0.6) is 0 Å². The molecule has 0 saturated carbocycles. The summed E-state index contributed by atoms with van der Waals surface area (Å²) in [5, 5.41) is 3.87. The third-order valence-corrected chi connectivity index (χ3v) is 3.13. The molecule has 2 N–H and O–H groups in total. The number of hydrogen-bond donors (Lipinski definition) is 1.